The molecule has 2 aliphatic heterocycles. The van der Waals surface area contributed by atoms with Crippen molar-refractivity contribution in [2.45, 2.75) is 25.9 Å². The molecule has 0 aromatic heterocycles. The first-order valence-electron chi connectivity index (χ1n) is 7.02. The van der Waals surface area contributed by atoms with Crippen molar-refractivity contribution in [3.63, 3.8) is 0 Å². The van der Waals surface area contributed by atoms with E-state index >= 15 is 0 Å². The van der Waals surface area contributed by atoms with Crippen molar-refractivity contribution in [1.29, 1.82) is 0 Å². The number of hydrogen-bond acceptors (Lipinski definition) is 4. The van der Waals surface area contributed by atoms with Crippen LogP contribution in [0.25, 0.3) is 0 Å². The van der Waals surface area contributed by atoms with Gasteiger partial charge in [0, 0.05) is 39.6 Å². The molecule has 2 aliphatic rings. The fraction of sp³-hybridized carbons (Fsp3) is 0.846. The van der Waals surface area contributed by atoms with Crippen LogP contribution in [-0.2, 0) is 9.53 Å². The summed E-state index contributed by atoms with van der Waals surface area (Å²) in [6.07, 6.45) is 0.688. The summed E-state index contributed by atoms with van der Waals surface area (Å²) >= 11 is 0. The molecule has 0 saturated carbocycles. The van der Waals surface area contributed by atoms with E-state index in [0.717, 1.165) is 32.7 Å². The number of nitrogens with zero attached hydrogens (tertiary/aromatic N) is 3. The second kappa shape index (κ2) is 6.23. The van der Waals surface area contributed by atoms with Crippen molar-refractivity contribution in [3.05, 3.63) is 0 Å². The number of carbonyl (C=O) groups excluding carboxylic acids is 2. The standard InChI is InChI=1S/C13H23N3O3/c1-3-15-6-8-16(9-7-15)12(17)5-4-11-10-14(2)13(18)19-11/h11H,3-10H2,1-2H3. The third-order valence-corrected chi connectivity index (χ3v) is 3.91. The van der Waals surface area contributed by atoms with Gasteiger partial charge < -0.3 is 19.4 Å². The van der Waals surface area contributed by atoms with E-state index in [1.165, 1.54) is 0 Å². The van der Waals surface area contributed by atoms with Crippen LogP contribution in [0.4, 0.5) is 4.79 Å². The van der Waals surface area contributed by atoms with Crippen LogP contribution in [0.1, 0.15) is 19.8 Å². The molecule has 2 amide bonds. The molecule has 0 aromatic carbocycles. The molecule has 1 atom stereocenters. The summed E-state index contributed by atoms with van der Waals surface area (Å²) in [6, 6.07) is 0. The summed E-state index contributed by atoms with van der Waals surface area (Å²) in [7, 11) is 1.72. The van der Waals surface area contributed by atoms with E-state index in [1.807, 2.05) is 4.90 Å². The van der Waals surface area contributed by atoms with Gasteiger partial charge in [-0.3, -0.25) is 4.79 Å². The topological polar surface area (TPSA) is 53.1 Å². The quantitative estimate of drug-likeness (QED) is 0.740. The maximum absolute atomic E-state index is 12.1. The highest BCUT2D eigenvalue weighted by atomic mass is 16.6. The molecular weight excluding hydrogens is 246 g/mol. The van der Waals surface area contributed by atoms with Gasteiger partial charge in [0.1, 0.15) is 6.10 Å². The van der Waals surface area contributed by atoms with Crippen molar-refractivity contribution in [2.75, 3.05) is 46.3 Å². The van der Waals surface area contributed by atoms with Crippen LogP contribution >= 0.6 is 0 Å². The van der Waals surface area contributed by atoms with Crippen LogP contribution < -0.4 is 0 Å². The molecular formula is C13H23N3O3. The minimum atomic E-state index is -0.283. The average Bonchev–Trinajstić information content (AvgIpc) is 2.75. The molecule has 0 radical (unpaired) electrons. The summed E-state index contributed by atoms with van der Waals surface area (Å²) < 4.78 is 5.15. The summed E-state index contributed by atoms with van der Waals surface area (Å²) in [5.74, 6) is 0.182. The van der Waals surface area contributed by atoms with Gasteiger partial charge in [-0.05, 0) is 13.0 Å². The van der Waals surface area contributed by atoms with E-state index in [4.69, 9.17) is 4.74 Å². The Morgan fingerprint density at radius 1 is 1.32 bits per heavy atom. The highest BCUT2D eigenvalue weighted by Gasteiger charge is 2.29. The summed E-state index contributed by atoms with van der Waals surface area (Å²) in [6.45, 7) is 7.34. The molecule has 0 aromatic rings. The van der Waals surface area contributed by atoms with E-state index in [0.29, 0.717) is 19.4 Å². The molecule has 0 aliphatic carbocycles. The predicted molar refractivity (Wildman–Crippen MR) is 70.8 cm³/mol. The Morgan fingerprint density at radius 3 is 2.53 bits per heavy atom. The number of piperazine rings is 1. The van der Waals surface area contributed by atoms with Crippen molar-refractivity contribution in [1.82, 2.24) is 14.7 Å². The molecule has 6 heteroatoms. The predicted octanol–water partition coefficient (Wildman–Crippen LogP) is 0.381. The number of likely N-dealkylation sites (N-methyl/N-ethyl adjacent to an activating group) is 2. The summed E-state index contributed by atoms with van der Waals surface area (Å²) in [4.78, 5) is 29.1. The Bertz CT molecular complexity index is 340. The molecule has 2 rings (SSSR count). The van der Waals surface area contributed by atoms with Crippen LogP contribution in [0.3, 0.4) is 0 Å². The number of hydrogen-bond donors (Lipinski definition) is 0. The fourth-order valence-corrected chi connectivity index (χ4v) is 2.56. The SMILES string of the molecule is CCN1CCN(C(=O)CCC2CN(C)C(=O)O2)CC1. The molecule has 2 fully saturated rings. The highest BCUT2D eigenvalue weighted by molar-refractivity contribution is 5.76. The van der Waals surface area contributed by atoms with Gasteiger partial charge in [0.25, 0.3) is 0 Å². The Kier molecular flexibility index (Phi) is 4.63. The average molecular weight is 269 g/mol. The second-order valence-electron chi connectivity index (χ2n) is 5.24. The molecule has 2 saturated heterocycles. The Labute approximate surface area is 114 Å². The van der Waals surface area contributed by atoms with Gasteiger partial charge >= 0.3 is 6.09 Å². The van der Waals surface area contributed by atoms with Crippen LogP contribution in [-0.4, -0.2) is 79.1 Å². The van der Waals surface area contributed by atoms with Gasteiger partial charge in [0.05, 0.1) is 6.54 Å². The summed E-state index contributed by atoms with van der Waals surface area (Å²) in [5.41, 5.74) is 0. The fourth-order valence-electron chi connectivity index (χ4n) is 2.56. The lowest BCUT2D eigenvalue weighted by Crippen LogP contribution is -2.48. The minimum Gasteiger partial charge on any atom is -0.444 e. The summed E-state index contributed by atoms with van der Waals surface area (Å²) in [5, 5.41) is 0. The lowest BCUT2D eigenvalue weighted by Gasteiger charge is -2.34. The van der Waals surface area contributed by atoms with Crippen molar-refractivity contribution in [3.8, 4) is 0 Å². The monoisotopic (exact) mass is 269 g/mol. The first-order chi connectivity index (χ1) is 9.10. The highest BCUT2D eigenvalue weighted by Crippen LogP contribution is 2.15. The first-order valence-corrected chi connectivity index (χ1v) is 7.02. The van der Waals surface area contributed by atoms with Gasteiger partial charge in [-0.1, -0.05) is 6.92 Å². The molecule has 6 nitrogen and oxygen atoms in total. The molecule has 19 heavy (non-hydrogen) atoms. The van der Waals surface area contributed by atoms with Gasteiger partial charge in [-0.15, -0.1) is 0 Å². The molecule has 0 spiro atoms. The molecule has 108 valence electrons. The lowest BCUT2D eigenvalue weighted by molar-refractivity contribution is -0.133. The van der Waals surface area contributed by atoms with Crippen molar-refractivity contribution < 1.29 is 14.3 Å². The molecule has 0 N–H and O–H groups in total. The van der Waals surface area contributed by atoms with Crippen LogP contribution in [0, 0.1) is 0 Å². The third kappa shape index (κ3) is 3.59. The number of carbonyl (C=O) groups is 2. The Hall–Kier alpha value is -1.30. The zero-order chi connectivity index (χ0) is 13.8. The van der Waals surface area contributed by atoms with E-state index in [9.17, 15) is 9.59 Å². The number of cyclic esters (lactones) is 1. The molecule has 1 unspecified atom stereocenters. The van der Waals surface area contributed by atoms with E-state index in [1.54, 1.807) is 11.9 Å². The van der Waals surface area contributed by atoms with Gasteiger partial charge in [0.15, 0.2) is 0 Å². The van der Waals surface area contributed by atoms with Gasteiger partial charge in [-0.2, -0.15) is 0 Å². The third-order valence-electron chi connectivity index (χ3n) is 3.91. The minimum absolute atomic E-state index is 0.126. The zero-order valence-corrected chi connectivity index (χ0v) is 11.8. The maximum Gasteiger partial charge on any atom is 0.409 e. The number of rotatable bonds is 4. The number of ether oxygens (including phenoxy) is 1. The van der Waals surface area contributed by atoms with E-state index in [-0.39, 0.29) is 18.1 Å². The van der Waals surface area contributed by atoms with Crippen LogP contribution in [0.2, 0.25) is 0 Å². The maximum atomic E-state index is 12.1. The Balaban J connectivity index is 1.69. The smallest absolute Gasteiger partial charge is 0.409 e. The molecule has 2 heterocycles. The zero-order valence-electron chi connectivity index (χ0n) is 11.8. The molecule has 0 bridgehead atoms. The van der Waals surface area contributed by atoms with Crippen molar-refractivity contribution >= 4 is 12.0 Å². The van der Waals surface area contributed by atoms with Crippen molar-refractivity contribution in [2.24, 2.45) is 0 Å². The van der Waals surface area contributed by atoms with E-state index in [2.05, 4.69) is 11.8 Å². The first kappa shape index (κ1) is 14.1. The largest absolute Gasteiger partial charge is 0.444 e. The van der Waals surface area contributed by atoms with Gasteiger partial charge in [0.2, 0.25) is 5.91 Å². The van der Waals surface area contributed by atoms with Crippen LogP contribution in [0.5, 0.6) is 0 Å². The Morgan fingerprint density at radius 2 is 2.00 bits per heavy atom. The second-order valence-corrected chi connectivity index (χ2v) is 5.24. The normalized spacial score (nSPS) is 24.7. The van der Waals surface area contributed by atoms with Crippen LogP contribution in [0.15, 0.2) is 0 Å². The van der Waals surface area contributed by atoms with Gasteiger partial charge in [-0.25, -0.2) is 4.79 Å². The number of amides is 2. The van der Waals surface area contributed by atoms with E-state index < -0.39 is 0 Å². The lowest BCUT2D eigenvalue weighted by atomic mass is 10.1.